The summed E-state index contributed by atoms with van der Waals surface area (Å²) in [5, 5.41) is 0.335. The fraction of sp³-hybridized carbons (Fsp3) is 0.188. The van der Waals surface area contributed by atoms with E-state index in [1.54, 1.807) is 30.3 Å². The molecule has 0 atom stereocenters. The number of hydrogen-bond donors (Lipinski definition) is 0. The van der Waals surface area contributed by atoms with Crippen LogP contribution in [-0.4, -0.2) is 12.9 Å². The van der Waals surface area contributed by atoms with Gasteiger partial charge in [-0.15, -0.1) is 0 Å². The highest BCUT2D eigenvalue weighted by molar-refractivity contribution is 6.30. The van der Waals surface area contributed by atoms with Crippen molar-refractivity contribution >= 4 is 17.9 Å². The van der Waals surface area contributed by atoms with Gasteiger partial charge in [-0.3, -0.25) is 4.79 Å². The van der Waals surface area contributed by atoms with Crippen molar-refractivity contribution in [2.24, 2.45) is 0 Å². The summed E-state index contributed by atoms with van der Waals surface area (Å²) in [6.07, 6.45) is 0.727. The molecule has 0 heterocycles. The maximum Gasteiger partial charge on any atom is 0.161 e. The first-order valence-corrected chi connectivity index (χ1v) is 6.80. The van der Waals surface area contributed by atoms with Crippen LogP contribution in [0.15, 0.2) is 36.4 Å². The second kappa shape index (κ2) is 7.09. The molecular weight excluding hydrogens is 295 g/mol. The maximum atomic E-state index is 13.7. The lowest BCUT2D eigenvalue weighted by atomic mass is 10.2. The predicted octanol–water partition coefficient (Wildman–Crippen LogP) is 4.27. The number of carbonyl (C=O) groups is 1. The fourth-order valence-electron chi connectivity index (χ4n) is 1.78. The topological polar surface area (TPSA) is 35.5 Å². The number of halogens is 2. The Morgan fingerprint density at radius 2 is 1.95 bits per heavy atom. The maximum absolute atomic E-state index is 13.7. The van der Waals surface area contributed by atoms with Gasteiger partial charge in [0.2, 0.25) is 0 Å². The fourth-order valence-corrected chi connectivity index (χ4v) is 1.94. The molecule has 3 nitrogen and oxygen atoms in total. The summed E-state index contributed by atoms with van der Waals surface area (Å²) in [5.41, 5.74) is 0.879. The summed E-state index contributed by atoms with van der Waals surface area (Å²) in [5.74, 6) is 0.484. The lowest BCUT2D eigenvalue weighted by Crippen LogP contribution is -2.02. The van der Waals surface area contributed by atoms with Crippen LogP contribution in [-0.2, 0) is 6.61 Å². The lowest BCUT2D eigenvalue weighted by Gasteiger charge is -2.12. The van der Waals surface area contributed by atoms with Crippen LogP contribution in [0.5, 0.6) is 11.5 Å². The standard InChI is InChI=1S/C16H14ClFO3/c1-2-20-16-7-11(9-19)3-6-15(16)21-10-12-4-5-13(17)8-14(12)18/h3-9H,2,10H2,1H3. The molecular formula is C16H14ClFO3. The van der Waals surface area contributed by atoms with Crippen molar-refractivity contribution in [1.29, 1.82) is 0 Å². The van der Waals surface area contributed by atoms with Crippen LogP contribution < -0.4 is 9.47 Å². The molecule has 0 saturated heterocycles. The largest absolute Gasteiger partial charge is 0.490 e. The van der Waals surface area contributed by atoms with E-state index in [1.807, 2.05) is 6.92 Å². The molecule has 0 N–H and O–H groups in total. The van der Waals surface area contributed by atoms with E-state index < -0.39 is 5.82 Å². The predicted molar refractivity (Wildman–Crippen MR) is 78.7 cm³/mol. The van der Waals surface area contributed by atoms with Gasteiger partial charge in [0.05, 0.1) is 6.61 Å². The van der Waals surface area contributed by atoms with Crippen molar-refractivity contribution in [3.05, 3.63) is 58.4 Å². The average molecular weight is 309 g/mol. The van der Waals surface area contributed by atoms with E-state index in [-0.39, 0.29) is 6.61 Å². The molecule has 0 saturated carbocycles. The molecule has 21 heavy (non-hydrogen) atoms. The Kier molecular flexibility index (Phi) is 5.17. The van der Waals surface area contributed by atoms with E-state index in [0.717, 1.165) is 6.29 Å². The van der Waals surface area contributed by atoms with Gasteiger partial charge in [0.1, 0.15) is 18.7 Å². The summed E-state index contributed by atoms with van der Waals surface area (Å²) in [4.78, 5) is 10.8. The molecule has 0 bridgehead atoms. The molecule has 0 aliphatic carbocycles. The Morgan fingerprint density at radius 1 is 1.14 bits per heavy atom. The van der Waals surface area contributed by atoms with Gasteiger partial charge in [0, 0.05) is 16.1 Å². The zero-order valence-electron chi connectivity index (χ0n) is 11.4. The number of benzene rings is 2. The molecule has 2 aromatic carbocycles. The van der Waals surface area contributed by atoms with Crippen LogP contribution in [0, 0.1) is 5.82 Å². The third kappa shape index (κ3) is 3.95. The molecule has 0 unspecified atom stereocenters. The van der Waals surface area contributed by atoms with E-state index >= 15 is 0 Å². The highest BCUT2D eigenvalue weighted by Gasteiger charge is 2.09. The van der Waals surface area contributed by atoms with Gasteiger partial charge in [-0.25, -0.2) is 4.39 Å². The number of hydrogen-bond acceptors (Lipinski definition) is 3. The summed E-state index contributed by atoms with van der Waals surface area (Å²) in [6.45, 7) is 2.31. The minimum absolute atomic E-state index is 0.0452. The molecule has 2 aromatic rings. The Labute approximate surface area is 127 Å². The van der Waals surface area contributed by atoms with Crippen molar-refractivity contribution in [3.63, 3.8) is 0 Å². The highest BCUT2D eigenvalue weighted by atomic mass is 35.5. The van der Waals surface area contributed by atoms with Gasteiger partial charge in [-0.1, -0.05) is 17.7 Å². The number of rotatable bonds is 6. The number of aldehydes is 1. The minimum atomic E-state index is -0.426. The van der Waals surface area contributed by atoms with Crippen LogP contribution >= 0.6 is 11.6 Å². The Morgan fingerprint density at radius 3 is 2.62 bits per heavy atom. The molecule has 0 spiro atoms. The summed E-state index contributed by atoms with van der Waals surface area (Å²) in [6, 6.07) is 9.23. The molecule has 110 valence electrons. The van der Waals surface area contributed by atoms with Crippen molar-refractivity contribution in [1.82, 2.24) is 0 Å². The van der Waals surface area contributed by atoms with Crippen molar-refractivity contribution in [2.45, 2.75) is 13.5 Å². The lowest BCUT2D eigenvalue weighted by molar-refractivity contribution is 0.112. The van der Waals surface area contributed by atoms with Crippen LogP contribution in [0.2, 0.25) is 5.02 Å². The first-order chi connectivity index (χ1) is 10.1. The van der Waals surface area contributed by atoms with E-state index in [1.165, 1.54) is 6.07 Å². The smallest absolute Gasteiger partial charge is 0.161 e. The Hall–Kier alpha value is -2.07. The average Bonchev–Trinajstić information content (AvgIpc) is 2.47. The van der Waals surface area contributed by atoms with Crippen molar-refractivity contribution in [2.75, 3.05) is 6.61 Å². The number of carbonyl (C=O) groups excluding carboxylic acids is 1. The van der Waals surface area contributed by atoms with Gasteiger partial charge in [0.15, 0.2) is 11.5 Å². The van der Waals surface area contributed by atoms with Gasteiger partial charge in [-0.05, 0) is 37.3 Å². The molecule has 0 radical (unpaired) electrons. The third-order valence-electron chi connectivity index (χ3n) is 2.80. The zero-order valence-corrected chi connectivity index (χ0v) is 12.2. The normalized spacial score (nSPS) is 10.2. The second-order valence-corrected chi connectivity index (χ2v) is 4.72. The Bertz CT molecular complexity index is 643. The second-order valence-electron chi connectivity index (χ2n) is 4.28. The van der Waals surface area contributed by atoms with Gasteiger partial charge in [0.25, 0.3) is 0 Å². The minimum Gasteiger partial charge on any atom is -0.490 e. The third-order valence-corrected chi connectivity index (χ3v) is 3.04. The van der Waals surface area contributed by atoms with Crippen LogP contribution in [0.4, 0.5) is 4.39 Å². The SMILES string of the molecule is CCOc1cc(C=O)ccc1OCc1ccc(Cl)cc1F. The Balaban J connectivity index is 2.17. The van der Waals surface area contributed by atoms with E-state index in [9.17, 15) is 9.18 Å². The van der Waals surface area contributed by atoms with Crippen molar-refractivity contribution < 1.29 is 18.7 Å². The van der Waals surface area contributed by atoms with Gasteiger partial charge < -0.3 is 9.47 Å². The molecule has 2 rings (SSSR count). The van der Waals surface area contributed by atoms with E-state index in [0.29, 0.717) is 34.3 Å². The van der Waals surface area contributed by atoms with Crippen molar-refractivity contribution in [3.8, 4) is 11.5 Å². The molecule has 0 aliphatic rings. The first kappa shape index (κ1) is 15.3. The van der Waals surface area contributed by atoms with Crippen LogP contribution in [0.25, 0.3) is 0 Å². The first-order valence-electron chi connectivity index (χ1n) is 6.42. The van der Waals surface area contributed by atoms with Crippen LogP contribution in [0.1, 0.15) is 22.8 Å². The summed E-state index contributed by atoms with van der Waals surface area (Å²) < 4.78 is 24.7. The molecule has 0 fully saturated rings. The molecule has 0 amide bonds. The monoisotopic (exact) mass is 308 g/mol. The molecule has 0 aliphatic heterocycles. The van der Waals surface area contributed by atoms with E-state index in [4.69, 9.17) is 21.1 Å². The van der Waals surface area contributed by atoms with Gasteiger partial charge in [-0.2, -0.15) is 0 Å². The molecule has 0 aromatic heterocycles. The molecule has 5 heteroatoms. The zero-order chi connectivity index (χ0) is 15.2. The quantitative estimate of drug-likeness (QED) is 0.748. The van der Waals surface area contributed by atoms with Crippen LogP contribution in [0.3, 0.4) is 0 Å². The summed E-state index contributed by atoms with van der Waals surface area (Å²) >= 11 is 5.70. The number of ether oxygens (including phenoxy) is 2. The van der Waals surface area contributed by atoms with Gasteiger partial charge >= 0.3 is 0 Å². The van der Waals surface area contributed by atoms with E-state index in [2.05, 4.69) is 0 Å². The summed E-state index contributed by atoms with van der Waals surface area (Å²) in [7, 11) is 0. The highest BCUT2D eigenvalue weighted by Crippen LogP contribution is 2.29.